The van der Waals surface area contributed by atoms with Gasteiger partial charge in [0.15, 0.2) is 0 Å². The number of imidazole rings is 1. The second-order valence-corrected chi connectivity index (χ2v) is 7.98. The fourth-order valence-electron chi connectivity index (χ4n) is 2.54. The fourth-order valence-corrected chi connectivity index (χ4v) is 4.30. The number of rotatable bonds is 7. The maximum Gasteiger partial charge on any atom is 0.358 e. The highest BCUT2D eigenvalue weighted by atomic mass is 35.5. The molecule has 0 aliphatic heterocycles. The molecule has 0 unspecified atom stereocenters. The van der Waals surface area contributed by atoms with E-state index in [0.29, 0.717) is 18.1 Å². The Labute approximate surface area is 161 Å². The summed E-state index contributed by atoms with van der Waals surface area (Å²) in [5.41, 5.74) is 9.01. The van der Waals surface area contributed by atoms with Crippen LogP contribution in [0.15, 0.2) is 28.3 Å². The lowest BCUT2D eigenvalue weighted by Crippen LogP contribution is -2.14. The Hall–Kier alpha value is -1.93. The third-order valence-corrected chi connectivity index (χ3v) is 5.09. The van der Waals surface area contributed by atoms with Crippen LogP contribution in [0.5, 0.6) is 5.75 Å². The molecule has 0 aliphatic carbocycles. The molecule has 26 heavy (non-hydrogen) atoms. The summed E-state index contributed by atoms with van der Waals surface area (Å²) in [6, 6.07) is 4.15. The highest BCUT2D eigenvalue weighted by molar-refractivity contribution is 7.87. The summed E-state index contributed by atoms with van der Waals surface area (Å²) in [6.07, 6.45) is 0. The van der Waals surface area contributed by atoms with Crippen LogP contribution in [0.25, 0.3) is 10.4 Å². The summed E-state index contributed by atoms with van der Waals surface area (Å²) in [4.78, 5) is 6.87. The van der Waals surface area contributed by atoms with Crippen molar-refractivity contribution in [1.29, 1.82) is 0 Å². The molecule has 0 fully saturated rings. The Bertz CT molecular complexity index is 946. The lowest BCUT2D eigenvalue weighted by atomic mass is 10.1. The fraction of sp³-hybridized carbons (Fsp3) is 0.400. The average Bonchev–Trinajstić information content (AvgIpc) is 2.91. The summed E-state index contributed by atoms with van der Waals surface area (Å²) in [7, 11) is -4.24. The Morgan fingerprint density at radius 2 is 1.92 bits per heavy atom. The van der Waals surface area contributed by atoms with E-state index in [4.69, 9.17) is 32.9 Å². The predicted octanol–water partition coefficient (Wildman–Crippen LogP) is 4.91. The Morgan fingerprint density at radius 1 is 1.31 bits per heavy atom. The first-order valence-electron chi connectivity index (χ1n) is 7.70. The Balaban J connectivity index is 2.57. The highest BCUT2D eigenvalue weighted by Crippen LogP contribution is 2.30. The maximum atomic E-state index is 12.8. The number of aromatic nitrogens is 2. The van der Waals surface area contributed by atoms with Crippen LogP contribution in [0.1, 0.15) is 38.2 Å². The quantitative estimate of drug-likeness (QED) is 0.275. The molecule has 0 saturated carbocycles. The molecule has 0 bridgehead atoms. The molecule has 11 heteroatoms. The zero-order valence-electron chi connectivity index (χ0n) is 14.3. The van der Waals surface area contributed by atoms with E-state index >= 15 is 0 Å². The van der Waals surface area contributed by atoms with Gasteiger partial charge >= 0.3 is 10.1 Å². The minimum Gasteiger partial charge on any atom is -0.378 e. The molecule has 140 valence electrons. The number of benzene rings is 1. The molecule has 2 aromatic rings. The lowest BCUT2D eigenvalue weighted by Gasteiger charge is -2.13. The summed E-state index contributed by atoms with van der Waals surface area (Å²) in [5.74, 6) is 0.179. The van der Waals surface area contributed by atoms with Gasteiger partial charge < -0.3 is 8.75 Å². The summed E-state index contributed by atoms with van der Waals surface area (Å²) in [5, 5.41) is 3.76. The van der Waals surface area contributed by atoms with Gasteiger partial charge in [0.25, 0.3) is 0 Å². The van der Waals surface area contributed by atoms with Crippen molar-refractivity contribution in [2.45, 2.75) is 44.8 Å². The molecule has 1 aromatic heterocycles. The SMILES string of the molecule is CCn1c(CN=[N+]=[N-])nc(S(=O)(=O)Oc2cc(Cl)cc(Cl)c2)c1C(C)C. The van der Waals surface area contributed by atoms with Crippen molar-refractivity contribution in [2.75, 3.05) is 0 Å². The van der Waals surface area contributed by atoms with Crippen molar-refractivity contribution in [2.24, 2.45) is 5.11 Å². The minimum absolute atomic E-state index is 0.0140. The van der Waals surface area contributed by atoms with Crippen molar-refractivity contribution >= 4 is 33.3 Å². The third-order valence-electron chi connectivity index (χ3n) is 3.47. The monoisotopic (exact) mass is 417 g/mol. The number of halogens is 2. The molecular weight excluding hydrogens is 401 g/mol. The summed E-state index contributed by atoms with van der Waals surface area (Å²) < 4.78 is 32.5. The van der Waals surface area contributed by atoms with Crippen LogP contribution >= 0.6 is 23.2 Å². The lowest BCUT2D eigenvalue weighted by molar-refractivity contribution is 0.480. The topological polar surface area (TPSA) is 110 Å². The van der Waals surface area contributed by atoms with E-state index in [1.54, 1.807) is 4.57 Å². The Morgan fingerprint density at radius 3 is 2.42 bits per heavy atom. The molecule has 1 aromatic carbocycles. The first kappa shape index (κ1) is 20.4. The van der Waals surface area contributed by atoms with Gasteiger partial charge in [-0.3, -0.25) is 0 Å². The minimum atomic E-state index is -4.24. The number of azide groups is 1. The van der Waals surface area contributed by atoms with E-state index in [-0.39, 0.29) is 33.3 Å². The van der Waals surface area contributed by atoms with E-state index in [9.17, 15) is 8.42 Å². The van der Waals surface area contributed by atoms with Crippen LogP contribution in [0.3, 0.4) is 0 Å². The molecule has 2 rings (SSSR count). The Kier molecular flexibility index (Phi) is 6.41. The van der Waals surface area contributed by atoms with E-state index in [1.165, 1.54) is 18.2 Å². The van der Waals surface area contributed by atoms with Crippen LogP contribution in [0, 0.1) is 0 Å². The smallest absolute Gasteiger partial charge is 0.358 e. The molecule has 0 spiro atoms. The van der Waals surface area contributed by atoms with Gasteiger partial charge in [-0.25, -0.2) is 4.98 Å². The van der Waals surface area contributed by atoms with Crippen LogP contribution in [0.4, 0.5) is 0 Å². The molecule has 1 heterocycles. The van der Waals surface area contributed by atoms with E-state index < -0.39 is 10.1 Å². The molecule has 0 radical (unpaired) electrons. The van der Waals surface area contributed by atoms with Gasteiger partial charge in [0.1, 0.15) is 11.6 Å². The van der Waals surface area contributed by atoms with Gasteiger partial charge in [-0.15, -0.1) is 0 Å². The van der Waals surface area contributed by atoms with Crippen molar-refractivity contribution in [3.8, 4) is 5.75 Å². The van der Waals surface area contributed by atoms with E-state index in [1.807, 2.05) is 20.8 Å². The number of hydrogen-bond donors (Lipinski definition) is 0. The molecular formula is C15H17Cl2N5O3S. The second kappa shape index (κ2) is 8.18. The van der Waals surface area contributed by atoms with Gasteiger partial charge in [-0.2, -0.15) is 8.42 Å². The van der Waals surface area contributed by atoms with Crippen molar-refractivity contribution < 1.29 is 12.6 Å². The van der Waals surface area contributed by atoms with Crippen LogP contribution in [-0.4, -0.2) is 18.0 Å². The zero-order chi connectivity index (χ0) is 19.5. The number of nitrogens with zero attached hydrogens (tertiary/aromatic N) is 5. The van der Waals surface area contributed by atoms with Crippen molar-refractivity contribution in [1.82, 2.24) is 9.55 Å². The highest BCUT2D eigenvalue weighted by Gasteiger charge is 2.30. The van der Waals surface area contributed by atoms with Crippen LogP contribution in [0.2, 0.25) is 10.0 Å². The van der Waals surface area contributed by atoms with Gasteiger partial charge in [-0.05, 0) is 24.4 Å². The molecule has 8 nitrogen and oxygen atoms in total. The van der Waals surface area contributed by atoms with Crippen molar-refractivity contribution in [3.63, 3.8) is 0 Å². The molecule has 0 atom stereocenters. The molecule has 0 aliphatic rings. The molecule has 0 amide bonds. The van der Waals surface area contributed by atoms with Crippen molar-refractivity contribution in [3.05, 3.63) is 50.2 Å². The average molecular weight is 418 g/mol. The molecule has 0 N–H and O–H groups in total. The second-order valence-electron chi connectivity index (χ2n) is 5.65. The maximum absolute atomic E-state index is 12.8. The van der Waals surface area contributed by atoms with Gasteiger partial charge in [0.2, 0.25) is 5.03 Å². The third kappa shape index (κ3) is 4.42. The molecule has 0 saturated heterocycles. The zero-order valence-corrected chi connectivity index (χ0v) is 16.7. The normalized spacial score (nSPS) is 11.5. The van der Waals surface area contributed by atoms with Crippen LogP contribution in [-0.2, 0) is 23.2 Å². The van der Waals surface area contributed by atoms with Crippen LogP contribution < -0.4 is 4.18 Å². The first-order chi connectivity index (χ1) is 12.2. The van der Waals surface area contributed by atoms with E-state index in [2.05, 4.69) is 15.0 Å². The standard InChI is InChI=1S/C15H17Cl2N5O3S/c1-4-22-13(8-19-21-18)20-15(14(22)9(2)3)26(23,24)25-12-6-10(16)5-11(17)7-12/h5-7,9H,4,8H2,1-3H3. The van der Waals surface area contributed by atoms with E-state index in [0.717, 1.165) is 0 Å². The summed E-state index contributed by atoms with van der Waals surface area (Å²) in [6.45, 7) is 5.94. The number of hydrogen-bond acceptors (Lipinski definition) is 5. The van der Waals surface area contributed by atoms with Gasteiger partial charge in [-0.1, -0.05) is 42.2 Å². The summed E-state index contributed by atoms with van der Waals surface area (Å²) >= 11 is 11.8. The predicted molar refractivity (Wildman–Crippen MR) is 99.1 cm³/mol. The largest absolute Gasteiger partial charge is 0.378 e. The first-order valence-corrected chi connectivity index (χ1v) is 9.86. The van der Waals surface area contributed by atoms with Gasteiger partial charge in [0, 0.05) is 33.6 Å². The van der Waals surface area contributed by atoms with Gasteiger partial charge in [0.05, 0.1) is 12.2 Å².